The summed E-state index contributed by atoms with van der Waals surface area (Å²) in [4.78, 5) is 20.3. The highest BCUT2D eigenvalue weighted by atomic mass is 127. The predicted octanol–water partition coefficient (Wildman–Crippen LogP) is 4.17. The van der Waals surface area contributed by atoms with E-state index in [0.29, 0.717) is 29.5 Å². The number of halogens is 2. The van der Waals surface area contributed by atoms with Gasteiger partial charge in [0, 0.05) is 23.4 Å². The molecule has 186 valence electrons. The topological polar surface area (TPSA) is 89.6 Å². The van der Waals surface area contributed by atoms with Crippen LogP contribution in [-0.4, -0.2) is 60.0 Å². The molecule has 0 spiro atoms. The van der Waals surface area contributed by atoms with E-state index in [4.69, 9.17) is 9.72 Å². The number of anilines is 2. The summed E-state index contributed by atoms with van der Waals surface area (Å²) in [6.07, 6.45) is 10.7. The number of hydrogen-bond acceptors (Lipinski definition) is 6. The van der Waals surface area contributed by atoms with E-state index in [0.717, 1.165) is 54.8 Å². The van der Waals surface area contributed by atoms with Crippen molar-refractivity contribution in [2.24, 2.45) is 5.92 Å². The number of ether oxygens (including phenoxy) is 1. The molecule has 3 aromatic heterocycles. The number of nitrogens with zero attached hydrogens (tertiary/aromatic N) is 6. The number of morpholine rings is 1. The minimum absolute atomic E-state index is 0.220. The van der Waals surface area contributed by atoms with Gasteiger partial charge in [-0.3, -0.25) is 9.48 Å². The van der Waals surface area contributed by atoms with Gasteiger partial charge < -0.3 is 15.0 Å². The van der Waals surface area contributed by atoms with Crippen molar-refractivity contribution in [1.29, 1.82) is 0 Å². The zero-order chi connectivity index (χ0) is 24.1. The van der Waals surface area contributed by atoms with Crippen LogP contribution in [0.1, 0.15) is 60.1 Å². The van der Waals surface area contributed by atoms with Crippen LogP contribution in [0.5, 0.6) is 0 Å². The van der Waals surface area contributed by atoms with Crippen molar-refractivity contribution in [3.63, 3.8) is 0 Å². The minimum Gasteiger partial charge on any atom is -0.374 e. The Balaban J connectivity index is 1.24. The third-order valence-corrected chi connectivity index (χ3v) is 9.03. The molecule has 1 N–H and O–H groups in total. The van der Waals surface area contributed by atoms with Gasteiger partial charge in [-0.15, -0.1) is 0 Å². The van der Waals surface area contributed by atoms with Crippen LogP contribution in [-0.2, 0) is 4.74 Å². The lowest BCUT2D eigenvalue weighted by Gasteiger charge is -2.27. The molecule has 1 aliphatic carbocycles. The molecule has 1 saturated carbocycles. The number of alkyl halides is 2. The molecule has 3 aromatic rings. The van der Waals surface area contributed by atoms with E-state index >= 15 is 0 Å². The van der Waals surface area contributed by atoms with Gasteiger partial charge in [-0.05, 0) is 44.1 Å². The van der Waals surface area contributed by atoms with Crippen LogP contribution in [0.3, 0.4) is 0 Å². The SMILES string of the molecule is O=C(Nc1cn([C@H]2CC[C@H](CI)CC2)nc1C(F)P)c1cnn2ccc(N3C[C@H]4C[C@@H]3CO4)nc12. The fraction of sp³-hybridized carbons (Fsp3) is 0.565. The van der Waals surface area contributed by atoms with Crippen LogP contribution in [0, 0.1) is 5.92 Å². The first-order valence-electron chi connectivity index (χ1n) is 12.1. The monoisotopic (exact) mass is 611 g/mol. The Morgan fingerprint density at radius 3 is 2.83 bits per heavy atom. The maximum atomic E-state index is 14.4. The highest BCUT2D eigenvalue weighted by Crippen LogP contribution is 2.37. The molecule has 2 unspecified atom stereocenters. The molecule has 9 nitrogen and oxygen atoms in total. The predicted molar refractivity (Wildman–Crippen MR) is 142 cm³/mol. The molecule has 2 bridgehead atoms. The number of aromatic nitrogens is 5. The van der Waals surface area contributed by atoms with Crippen LogP contribution in [0.4, 0.5) is 15.9 Å². The van der Waals surface area contributed by atoms with Crippen LogP contribution in [0.25, 0.3) is 5.65 Å². The first kappa shape index (κ1) is 23.5. The molecule has 35 heavy (non-hydrogen) atoms. The Labute approximate surface area is 218 Å². The van der Waals surface area contributed by atoms with Gasteiger partial charge in [0.1, 0.15) is 17.1 Å². The number of carbonyl (C=O) groups excluding carboxylic acids is 1. The lowest BCUT2D eigenvalue weighted by atomic mass is 9.87. The van der Waals surface area contributed by atoms with Crippen LogP contribution < -0.4 is 10.2 Å². The van der Waals surface area contributed by atoms with E-state index in [1.807, 2.05) is 16.9 Å². The van der Waals surface area contributed by atoms with Gasteiger partial charge in [-0.2, -0.15) is 10.2 Å². The number of rotatable bonds is 6. The van der Waals surface area contributed by atoms with E-state index in [-0.39, 0.29) is 23.7 Å². The van der Waals surface area contributed by atoms with Crippen molar-refractivity contribution in [1.82, 2.24) is 24.4 Å². The molecular weight excluding hydrogens is 583 g/mol. The van der Waals surface area contributed by atoms with Crippen molar-refractivity contribution in [3.05, 3.63) is 35.9 Å². The van der Waals surface area contributed by atoms with Crippen molar-refractivity contribution < 1.29 is 13.9 Å². The third kappa shape index (κ3) is 4.44. The van der Waals surface area contributed by atoms with Gasteiger partial charge in [-0.25, -0.2) is 13.9 Å². The largest absolute Gasteiger partial charge is 0.374 e. The molecule has 12 heteroatoms. The van der Waals surface area contributed by atoms with Gasteiger partial charge >= 0.3 is 0 Å². The second-order valence-electron chi connectivity index (χ2n) is 9.70. The molecule has 3 aliphatic rings. The minimum atomic E-state index is -1.38. The molecular formula is C23H28FIN7O2P. The van der Waals surface area contributed by atoms with Crippen molar-refractivity contribution in [2.45, 2.75) is 56.2 Å². The van der Waals surface area contributed by atoms with E-state index in [1.54, 1.807) is 10.7 Å². The summed E-state index contributed by atoms with van der Waals surface area (Å²) in [6, 6.07) is 2.46. The summed E-state index contributed by atoms with van der Waals surface area (Å²) in [5.74, 6) is -0.199. The summed E-state index contributed by atoms with van der Waals surface area (Å²) in [5, 5.41) is 11.7. The normalized spacial score (nSPS) is 27.0. The summed E-state index contributed by atoms with van der Waals surface area (Å²) in [7, 11) is 2.14. The number of carbonyl (C=O) groups is 1. The number of amides is 1. The molecule has 4 atom stereocenters. The number of nitrogens with one attached hydrogen (secondary N) is 1. The van der Waals surface area contributed by atoms with Gasteiger partial charge in [-0.1, -0.05) is 31.8 Å². The lowest BCUT2D eigenvalue weighted by Crippen LogP contribution is -2.37. The van der Waals surface area contributed by atoms with Crippen molar-refractivity contribution >= 4 is 54.9 Å². The van der Waals surface area contributed by atoms with Crippen molar-refractivity contribution in [2.75, 3.05) is 27.8 Å². The average Bonchev–Trinajstić information content (AvgIpc) is 3.66. The molecule has 3 fully saturated rings. The Morgan fingerprint density at radius 2 is 2.14 bits per heavy atom. The first-order chi connectivity index (χ1) is 17.0. The lowest BCUT2D eigenvalue weighted by molar-refractivity contribution is 0.0988. The van der Waals surface area contributed by atoms with E-state index in [1.165, 1.54) is 6.20 Å². The summed E-state index contributed by atoms with van der Waals surface area (Å²) < 4.78 is 24.7. The van der Waals surface area contributed by atoms with Gasteiger partial charge in [0.05, 0.1) is 36.7 Å². The summed E-state index contributed by atoms with van der Waals surface area (Å²) in [5.41, 5.74) is 1.42. The summed E-state index contributed by atoms with van der Waals surface area (Å²) >= 11 is 2.45. The van der Waals surface area contributed by atoms with Crippen LogP contribution in [0.15, 0.2) is 24.7 Å². The van der Waals surface area contributed by atoms with E-state index in [9.17, 15) is 9.18 Å². The zero-order valence-electron chi connectivity index (χ0n) is 19.2. The number of fused-ring (bicyclic) bond motifs is 3. The molecule has 0 aromatic carbocycles. The summed E-state index contributed by atoms with van der Waals surface area (Å²) in [6.45, 7) is 1.51. The molecule has 5 heterocycles. The van der Waals surface area contributed by atoms with Crippen LogP contribution in [0.2, 0.25) is 0 Å². The highest BCUT2D eigenvalue weighted by Gasteiger charge is 2.39. The quantitative estimate of drug-likeness (QED) is 0.256. The highest BCUT2D eigenvalue weighted by molar-refractivity contribution is 14.1. The molecule has 0 radical (unpaired) electrons. The maximum Gasteiger partial charge on any atom is 0.261 e. The Hall–Kier alpha value is -1.85. The molecule has 1 amide bonds. The fourth-order valence-electron chi connectivity index (χ4n) is 5.51. The Kier molecular flexibility index (Phi) is 6.42. The molecule has 6 rings (SSSR count). The molecule has 2 aliphatic heterocycles. The second-order valence-corrected chi connectivity index (χ2v) is 11.2. The Morgan fingerprint density at radius 1 is 1.31 bits per heavy atom. The van der Waals surface area contributed by atoms with Gasteiger partial charge in [0.15, 0.2) is 11.6 Å². The second kappa shape index (κ2) is 9.55. The van der Waals surface area contributed by atoms with Gasteiger partial charge in [0.25, 0.3) is 5.91 Å². The third-order valence-electron chi connectivity index (χ3n) is 7.47. The standard InChI is InChI=1S/C23H28FIN7O2P/c24-21(35)20-18(11-32(29-20)14-3-1-13(8-25)2-4-14)27-23(33)17-9-26-31-6-5-19(28-22(17)31)30-10-16-7-15(30)12-34-16/h5-6,9,11,13-16,21H,1-4,7-8,10,12,35H2,(H,27,33)/t13-,14-,15-,16-,21?/m1/s1. The van der Waals surface area contributed by atoms with E-state index in [2.05, 4.69) is 52.2 Å². The fourth-order valence-corrected chi connectivity index (χ4v) is 6.63. The number of hydrogen-bond donors (Lipinski definition) is 1. The smallest absolute Gasteiger partial charge is 0.261 e. The van der Waals surface area contributed by atoms with E-state index < -0.39 is 5.91 Å². The first-order valence-corrected chi connectivity index (χ1v) is 14.3. The molecule has 2 saturated heterocycles. The Bertz CT molecular complexity index is 1240. The average molecular weight is 611 g/mol. The zero-order valence-corrected chi connectivity index (χ0v) is 22.5. The van der Waals surface area contributed by atoms with Gasteiger partial charge in [0.2, 0.25) is 0 Å². The maximum absolute atomic E-state index is 14.4. The van der Waals surface area contributed by atoms with Crippen molar-refractivity contribution in [3.8, 4) is 0 Å². The van der Waals surface area contributed by atoms with Crippen LogP contribution >= 0.6 is 31.8 Å².